The first-order chi connectivity index (χ1) is 7.93. The minimum absolute atomic E-state index is 0.604. The van der Waals surface area contributed by atoms with Crippen molar-refractivity contribution in [1.29, 1.82) is 0 Å². The molecule has 0 aromatic heterocycles. The molecule has 1 saturated heterocycles. The maximum atomic E-state index is 3.56. The van der Waals surface area contributed by atoms with Crippen LogP contribution in [0.3, 0.4) is 0 Å². The van der Waals surface area contributed by atoms with Crippen molar-refractivity contribution in [2.24, 2.45) is 0 Å². The second-order valence-corrected chi connectivity index (χ2v) is 5.15. The van der Waals surface area contributed by atoms with Crippen LogP contribution in [0.15, 0.2) is 0 Å². The van der Waals surface area contributed by atoms with Crippen molar-refractivity contribution in [3.8, 4) is 0 Å². The summed E-state index contributed by atoms with van der Waals surface area (Å²) in [5, 5.41) is 13.9. The lowest BCUT2D eigenvalue weighted by atomic mass is 10.2. The summed E-state index contributed by atoms with van der Waals surface area (Å²) >= 11 is 1.93. The van der Waals surface area contributed by atoms with Gasteiger partial charge < -0.3 is 21.3 Å². The van der Waals surface area contributed by atoms with Crippen LogP contribution in [-0.4, -0.2) is 57.4 Å². The van der Waals surface area contributed by atoms with Gasteiger partial charge in [-0.3, -0.25) is 0 Å². The van der Waals surface area contributed by atoms with Crippen LogP contribution in [0.4, 0.5) is 0 Å². The molecular weight excluding hydrogens is 220 g/mol. The smallest absolute Gasteiger partial charge is 0.0457 e. The molecule has 1 heterocycles. The van der Waals surface area contributed by atoms with Gasteiger partial charge in [0.1, 0.15) is 0 Å². The molecule has 4 nitrogen and oxygen atoms in total. The lowest BCUT2D eigenvalue weighted by Crippen LogP contribution is -2.45. The Bertz CT molecular complexity index is 145. The summed E-state index contributed by atoms with van der Waals surface area (Å²) in [4.78, 5) is 0. The molecule has 0 aromatic carbocycles. The Hall–Kier alpha value is 0.190. The summed E-state index contributed by atoms with van der Waals surface area (Å²) in [6.45, 7) is 6.37. The molecule has 4 N–H and O–H groups in total. The van der Waals surface area contributed by atoms with E-state index >= 15 is 0 Å². The molecular formula is C11H26N4S. The topological polar surface area (TPSA) is 48.1 Å². The van der Waals surface area contributed by atoms with E-state index in [-0.39, 0.29) is 0 Å². The van der Waals surface area contributed by atoms with E-state index in [1.165, 1.54) is 18.6 Å². The van der Waals surface area contributed by atoms with Crippen molar-refractivity contribution in [2.75, 3.05) is 51.4 Å². The van der Waals surface area contributed by atoms with Crippen LogP contribution in [0, 0.1) is 0 Å². The first-order valence-electron chi connectivity index (χ1n) is 6.28. The highest BCUT2D eigenvalue weighted by Gasteiger charge is 2.06. The quantitative estimate of drug-likeness (QED) is 0.557. The number of rotatable bonds is 3. The van der Waals surface area contributed by atoms with Gasteiger partial charge in [0.15, 0.2) is 0 Å². The first-order valence-corrected chi connectivity index (χ1v) is 7.67. The van der Waals surface area contributed by atoms with Crippen molar-refractivity contribution in [1.82, 2.24) is 21.3 Å². The van der Waals surface area contributed by atoms with Gasteiger partial charge in [-0.25, -0.2) is 0 Å². The maximum Gasteiger partial charge on any atom is 0.0457 e. The first kappa shape index (κ1) is 14.3. The molecule has 96 valence electrons. The van der Waals surface area contributed by atoms with Gasteiger partial charge in [0, 0.05) is 32.3 Å². The summed E-state index contributed by atoms with van der Waals surface area (Å²) in [6.07, 6.45) is 4.64. The summed E-state index contributed by atoms with van der Waals surface area (Å²) in [6, 6.07) is 0.604. The number of nitrogens with one attached hydrogen (secondary N) is 4. The molecule has 0 bridgehead atoms. The third-order valence-corrected chi connectivity index (χ3v) is 3.41. The predicted octanol–water partition coefficient (Wildman–Crippen LogP) is -0.172. The molecule has 1 rings (SSSR count). The molecule has 1 fully saturated rings. The van der Waals surface area contributed by atoms with Crippen molar-refractivity contribution in [3.05, 3.63) is 0 Å². The fourth-order valence-electron chi connectivity index (χ4n) is 1.76. The van der Waals surface area contributed by atoms with E-state index in [0.717, 1.165) is 39.4 Å². The molecule has 0 aromatic rings. The van der Waals surface area contributed by atoms with Gasteiger partial charge in [-0.15, -0.1) is 0 Å². The lowest BCUT2D eigenvalue weighted by molar-refractivity contribution is 0.428. The van der Waals surface area contributed by atoms with E-state index in [9.17, 15) is 0 Å². The minimum atomic E-state index is 0.604. The number of hydrogen-bond donors (Lipinski definition) is 4. The molecule has 0 amide bonds. The standard InChI is InChI=1S/C11H26N4S/c1-16-8-3-11-9-13-5-2-4-12-6-7-14-10-15-11/h11-15H,2-10H2,1H3. The molecule has 0 aliphatic carbocycles. The van der Waals surface area contributed by atoms with E-state index in [4.69, 9.17) is 0 Å². The van der Waals surface area contributed by atoms with Gasteiger partial charge in [-0.1, -0.05) is 0 Å². The zero-order valence-electron chi connectivity index (χ0n) is 10.3. The van der Waals surface area contributed by atoms with Crippen LogP contribution in [0.1, 0.15) is 12.8 Å². The van der Waals surface area contributed by atoms with Crippen LogP contribution < -0.4 is 21.3 Å². The average molecular weight is 246 g/mol. The van der Waals surface area contributed by atoms with Crippen molar-refractivity contribution >= 4 is 11.8 Å². The molecule has 0 radical (unpaired) electrons. The molecule has 1 atom stereocenters. The molecule has 0 saturated carbocycles. The highest BCUT2D eigenvalue weighted by Crippen LogP contribution is 1.99. The monoisotopic (exact) mass is 246 g/mol. The van der Waals surface area contributed by atoms with E-state index in [1.807, 2.05) is 11.8 Å². The van der Waals surface area contributed by atoms with Crippen molar-refractivity contribution in [2.45, 2.75) is 18.9 Å². The summed E-state index contributed by atoms with van der Waals surface area (Å²) in [7, 11) is 0. The Morgan fingerprint density at radius 2 is 1.88 bits per heavy atom. The van der Waals surface area contributed by atoms with Crippen molar-refractivity contribution in [3.63, 3.8) is 0 Å². The summed E-state index contributed by atoms with van der Waals surface area (Å²) in [5.74, 6) is 1.24. The van der Waals surface area contributed by atoms with Crippen LogP contribution in [0.2, 0.25) is 0 Å². The van der Waals surface area contributed by atoms with Crippen LogP contribution in [0.25, 0.3) is 0 Å². The minimum Gasteiger partial charge on any atom is -0.315 e. The van der Waals surface area contributed by atoms with Gasteiger partial charge >= 0.3 is 0 Å². The highest BCUT2D eigenvalue weighted by atomic mass is 32.2. The second-order valence-electron chi connectivity index (χ2n) is 4.17. The van der Waals surface area contributed by atoms with Crippen molar-refractivity contribution < 1.29 is 0 Å². The normalized spacial score (nSPS) is 25.7. The third-order valence-electron chi connectivity index (χ3n) is 2.76. The number of hydrogen-bond acceptors (Lipinski definition) is 5. The average Bonchev–Trinajstić information content (AvgIpc) is 2.28. The number of thioether (sulfide) groups is 1. The Labute approximate surface area is 104 Å². The highest BCUT2D eigenvalue weighted by molar-refractivity contribution is 7.98. The predicted molar refractivity (Wildman–Crippen MR) is 73.1 cm³/mol. The maximum absolute atomic E-state index is 3.56. The second kappa shape index (κ2) is 10.4. The van der Waals surface area contributed by atoms with E-state index < -0.39 is 0 Å². The molecule has 1 unspecified atom stereocenters. The summed E-state index contributed by atoms with van der Waals surface area (Å²) in [5.41, 5.74) is 0. The van der Waals surface area contributed by atoms with Gasteiger partial charge in [0.2, 0.25) is 0 Å². The van der Waals surface area contributed by atoms with Crippen LogP contribution >= 0.6 is 11.8 Å². The summed E-state index contributed by atoms with van der Waals surface area (Å²) < 4.78 is 0. The van der Waals surface area contributed by atoms with Gasteiger partial charge in [-0.2, -0.15) is 11.8 Å². The van der Waals surface area contributed by atoms with E-state index in [2.05, 4.69) is 27.5 Å². The van der Waals surface area contributed by atoms with Crippen LogP contribution in [-0.2, 0) is 0 Å². The lowest BCUT2D eigenvalue weighted by Gasteiger charge is -2.20. The molecule has 1 aliphatic heterocycles. The zero-order valence-corrected chi connectivity index (χ0v) is 11.2. The van der Waals surface area contributed by atoms with Gasteiger partial charge in [0.25, 0.3) is 0 Å². The van der Waals surface area contributed by atoms with Gasteiger partial charge in [-0.05, 0) is 37.9 Å². The molecule has 5 heteroatoms. The largest absolute Gasteiger partial charge is 0.315 e. The fourth-order valence-corrected chi connectivity index (χ4v) is 2.28. The third kappa shape index (κ3) is 7.46. The fraction of sp³-hybridized carbons (Fsp3) is 1.00. The molecule has 0 spiro atoms. The van der Waals surface area contributed by atoms with Crippen LogP contribution in [0.5, 0.6) is 0 Å². The Morgan fingerprint density at radius 1 is 1.06 bits per heavy atom. The Morgan fingerprint density at radius 3 is 2.75 bits per heavy atom. The zero-order chi connectivity index (χ0) is 11.5. The Kier molecular flexibility index (Phi) is 9.22. The van der Waals surface area contributed by atoms with E-state index in [0.29, 0.717) is 6.04 Å². The molecule has 16 heavy (non-hydrogen) atoms. The Balaban J connectivity index is 2.19. The van der Waals surface area contributed by atoms with E-state index in [1.54, 1.807) is 0 Å². The van der Waals surface area contributed by atoms with Gasteiger partial charge in [0.05, 0.1) is 0 Å². The molecule has 1 aliphatic rings. The SMILES string of the molecule is CSCCC1CNCCCNCCNCN1.